The molecular formula is C14H28N2O2. The molecule has 0 saturated carbocycles. The molecule has 0 aromatic rings. The molecule has 4 heteroatoms. The Bertz CT molecular complexity index is 248. The Labute approximate surface area is 111 Å². The fourth-order valence-electron chi connectivity index (χ4n) is 2.23. The lowest BCUT2D eigenvalue weighted by Gasteiger charge is -2.26. The van der Waals surface area contributed by atoms with Crippen LogP contribution < -0.4 is 0 Å². The van der Waals surface area contributed by atoms with Crippen LogP contribution in [0.25, 0.3) is 0 Å². The fourth-order valence-corrected chi connectivity index (χ4v) is 2.23. The van der Waals surface area contributed by atoms with Gasteiger partial charge >= 0.3 is 0 Å². The van der Waals surface area contributed by atoms with Gasteiger partial charge in [-0.05, 0) is 26.4 Å². The van der Waals surface area contributed by atoms with Crippen LogP contribution in [0.4, 0.5) is 0 Å². The molecule has 0 amide bonds. The monoisotopic (exact) mass is 256 g/mol. The Kier molecular flexibility index (Phi) is 6.82. The van der Waals surface area contributed by atoms with E-state index in [1.165, 1.54) is 0 Å². The molecule has 4 nitrogen and oxygen atoms in total. The average Bonchev–Trinajstić information content (AvgIpc) is 2.78. The summed E-state index contributed by atoms with van der Waals surface area (Å²) < 4.78 is 5.29. The molecule has 1 aliphatic heterocycles. The van der Waals surface area contributed by atoms with Crippen LogP contribution in [0.15, 0.2) is 0 Å². The van der Waals surface area contributed by atoms with Gasteiger partial charge in [-0.2, -0.15) is 0 Å². The van der Waals surface area contributed by atoms with Crippen molar-refractivity contribution in [3.05, 3.63) is 0 Å². The molecule has 1 atom stereocenters. The van der Waals surface area contributed by atoms with E-state index in [4.69, 9.17) is 4.74 Å². The van der Waals surface area contributed by atoms with E-state index in [2.05, 4.69) is 37.7 Å². The van der Waals surface area contributed by atoms with E-state index in [0.717, 1.165) is 32.7 Å². The molecule has 0 spiro atoms. The van der Waals surface area contributed by atoms with Crippen molar-refractivity contribution in [2.75, 3.05) is 53.5 Å². The van der Waals surface area contributed by atoms with E-state index in [1.807, 2.05) is 0 Å². The molecule has 18 heavy (non-hydrogen) atoms. The molecule has 1 rings (SSSR count). The summed E-state index contributed by atoms with van der Waals surface area (Å²) in [6, 6.07) is 0. The Morgan fingerprint density at radius 1 is 1.33 bits per heavy atom. The van der Waals surface area contributed by atoms with E-state index >= 15 is 0 Å². The summed E-state index contributed by atoms with van der Waals surface area (Å²) in [6.07, 6.45) is 0.905. The highest BCUT2D eigenvalue weighted by atomic mass is 16.5. The first-order valence-electron chi connectivity index (χ1n) is 6.96. The number of ketones is 1. The van der Waals surface area contributed by atoms with Gasteiger partial charge in [-0.3, -0.25) is 9.69 Å². The quantitative estimate of drug-likeness (QED) is 0.651. The highest BCUT2D eigenvalue weighted by Gasteiger charge is 2.25. The maximum atomic E-state index is 12.1. The molecule has 0 bridgehead atoms. The van der Waals surface area contributed by atoms with Crippen LogP contribution in [0.3, 0.4) is 0 Å². The van der Waals surface area contributed by atoms with E-state index in [9.17, 15) is 4.79 Å². The van der Waals surface area contributed by atoms with Crippen molar-refractivity contribution in [3.63, 3.8) is 0 Å². The molecule has 0 aromatic heterocycles. The first-order chi connectivity index (χ1) is 8.49. The molecule has 0 N–H and O–H groups in total. The van der Waals surface area contributed by atoms with Gasteiger partial charge in [-0.25, -0.2) is 0 Å². The Balaban J connectivity index is 2.40. The van der Waals surface area contributed by atoms with Crippen LogP contribution in [0.5, 0.6) is 0 Å². The topological polar surface area (TPSA) is 32.8 Å². The zero-order valence-corrected chi connectivity index (χ0v) is 12.3. The predicted octanol–water partition coefficient (Wildman–Crippen LogP) is 1.11. The van der Waals surface area contributed by atoms with Crippen LogP contribution in [0.2, 0.25) is 0 Å². The first kappa shape index (κ1) is 15.6. The second kappa shape index (κ2) is 7.87. The van der Waals surface area contributed by atoms with Gasteiger partial charge in [-0.1, -0.05) is 13.8 Å². The molecule has 1 fully saturated rings. The van der Waals surface area contributed by atoms with E-state index in [-0.39, 0.29) is 5.92 Å². The minimum Gasteiger partial charge on any atom is -0.381 e. The molecule has 0 radical (unpaired) electrons. The van der Waals surface area contributed by atoms with Gasteiger partial charge in [0.25, 0.3) is 0 Å². The molecule has 0 aromatic carbocycles. The maximum absolute atomic E-state index is 12.1. The van der Waals surface area contributed by atoms with Crippen molar-refractivity contribution in [2.45, 2.75) is 20.3 Å². The van der Waals surface area contributed by atoms with Crippen LogP contribution in [-0.4, -0.2) is 69.1 Å². The second-order valence-corrected chi connectivity index (χ2v) is 5.96. The normalized spacial score (nSPS) is 20.3. The van der Waals surface area contributed by atoms with Gasteiger partial charge in [0.15, 0.2) is 5.78 Å². The largest absolute Gasteiger partial charge is 0.381 e. The van der Waals surface area contributed by atoms with Crippen molar-refractivity contribution in [2.24, 2.45) is 11.8 Å². The molecule has 1 aliphatic rings. The number of hydrogen-bond acceptors (Lipinski definition) is 4. The van der Waals surface area contributed by atoms with E-state index in [1.54, 1.807) is 0 Å². The average molecular weight is 256 g/mol. The highest BCUT2D eigenvalue weighted by molar-refractivity contribution is 5.83. The van der Waals surface area contributed by atoms with E-state index < -0.39 is 0 Å². The number of hydrogen-bond donors (Lipinski definition) is 0. The third-order valence-electron chi connectivity index (χ3n) is 3.25. The van der Waals surface area contributed by atoms with Gasteiger partial charge in [0.1, 0.15) is 0 Å². The molecule has 0 aliphatic carbocycles. The Morgan fingerprint density at radius 2 is 2.06 bits per heavy atom. The number of Topliss-reactive ketones (excluding diaryl/α,β-unsaturated/α-hetero) is 1. The summed E-state index contributed by atoms with van der Waals surface area (Å²) in [6.45, 7) is 9.32. The maximum Gasteiger partial charge on any atom is 0.152 e. The van der Waals surface area contributed by atoms with Gasteiger partial charge in [0.05, 0.1) is 13.2 Å². The summed E-state index contributed by atoms with van der Waals surface area (Å²) >= 11 is 0. The molecular weight excluding hydrogens is 228 g/mol. The fraction of sp³-hybridized carbons (Fsp3) is 0.929. The SMILES string of the molecule is CC(C)CN(CCN(C)C)CC(=O)C1CCOC1. The third kappa shape index (κ3) is 5.94. The zero-order chi connectivity index (χ0) is 13.5. The summed E-state index contributed by atoms with van der Waals surface area (Å²) in [5, 5.41) is 0. The highest BCUT2D eigenvalue weighted by Crippen LogP contribution is 2.14. The van der Waals surface area contributed by atoms with Crippen LogP contribution in [0, 0.1) is 11.8 Å². The number of likely N-dealkylation sites (N-methyl/N-ethyl adjacent to an activating group) is 1. The van der Waals surface area contributed by atoms with Gasteiger partial charge in [0, 0.05) is 32.2 Å². The molecule has 106 valence electrons. The standard InChI is InChI=1S/C14H28N2O2/c1-12(2)9-16(7-6-15(3)4)10-14(17)13-5-8-18-11-13/h12-13H,5-11H2,1-4H3. The van der Waals surface area contributed by atoms with Crippen LogP contribution in [-0.2, 0) is 9.53 Å². The number of carbonyl (C=O) groups excluding carboxylic acids is 1. The van der Waals surface area contributed by atoms with Crippen molar-refractivity contribution >= 4 is 5.78 Å². The lowest BCUT2D eigenvalue weighted by molar-refractivity contribution is -0.124. The lowest BCUT2D eigenvalue weighted by Crippen LogP contribution is -2.39. The van der Waals surface area contributed by atoms with Gasteiger partial charge in [0.2, 0.25) is 0 Å². The smallest absolute Gasteiger partial charge is 0.152 e. The number of rotatable bonds is 8. The summed E-state index contributed by atoms with van der Waals surface area (Å²) in [7, 11) is 4.14. The minimum absolute atomic E-state index is 0.138. The Hall–Kier alpha value is -0.450. The first-order valence-corrected chi connectivity index (χ1v) is 6.96. The van der Waals surface area contributed by atoms with Crippen molar-refractivity contribution in [1.82, 2.24) is 9.80 Å². The van der Waals surface area contributed by atoms with Crippen molar-refractivity contribution in [1.29, 1.82) is 0 Å². The minimum atomic E-state index is 0.138. The Morgan fingerprint density at radius 3 is 2.56 bits per heavy atom. The van der Waals surface area contributed by atoms with Crippen molar-refractivity contribution < 1.29 is 9.53 Å². The predicted molar refractivity (Wildman–Crippen MR) is 73.8 cm³/mol. The van der Waals surface area contributed by atoms with Crippen LogP contribution >= 0.6 is 0 Å². The van der Waals surface area contributed by atoms with Gasteiger partial charge in [-0.15, -0.1) is 0 Å². The van der Waals surface area contributed by atoms with Crippen LogP contribution in [0.1, 0.15) is 20.3 Å². The second-order valence-electron chi connectivity index (χ2n) is 5.96. The molecule has 1 saturated heterocycles. The summed E-state index contributed by atoms with van der Waals surface area (Å²) in [4.78, 5) is 16.6. The number of carbonyl (C=O) groups is 1. The number of ether oxygens (including phenoxy) is 1. The molecule has 1 unspecified atom stereocenters. The van der Waals surface area contributed by atoms with Crippen molar-refractivity contribution in [3.8, 4) is 0 Å². The molecule has 1 heterocycles. The zero-order valence-electron chi connectivity index (χ0n) is 12.3. The van der Waals surface area contributed by atoms with Gasteiger partial charge < -0.3 is 9.64 Å². The lowest BCUT2D eigenvalue weighted by atomic mass is 10.0. The third-order valence-corrected chi connectivity index (χ3v) is 3.25. The van der Waals surface area contributed by atoms with E-state index in [0.29, 0.717) is 24.9 Å². The summed E-state index contributed by atoms with van der Waals surface area (Å²) in [5.41, 5.74) is 0. The number of nitrogens with zero attached hydrogens (tertiary/aromatic N) is 2. The summed E-state index contributed by atoms with van der Waals surface area (Å²) in [5.74, 6) is 1.09.